The molecule has 4 aliphatic rings. The molecule has 0 amide bonds. The third kappa shape index (κ3) is 4.01. The van der Waals surface area contributed by atoms with Crippen LogP contribution in [-0.4, -0.2) is 17.0 Å². The van der Waals surface area contributed by atoms with E-state index < -0.39 is 7.80 Å². The quantitative estimate of drug-likeness (QED) is 0.440. The van der Waals surface area contributed by atoms with Crippen LogP contribution in [-0.2, 0) is 4.57 Å². The minimum absolute atomic E-state index is 0.163. The first-order valence-corrected chi connectivity index (χ1v) is 16.1. The molecule has 1 nitrogen and oxygen atoms in total. The molecule has 2 unspecified atom stereocenters. The van der Waals surface area contributed by atoms with Crippen LogP contribution < -0.4 is 10.6 Å². The van der Waals surface area contributed by atoms with Crippen molar-refractivity contribution >= 4 is 26.3 Å². The first-order valence-electron chi connectivity index (χ1n) is 13.1. The van der Waals surface area contributed by atoms with E-state index in [-0.39, 0.29) is 7.92 Å². The second kappa shape index (κ2) is 9.40. The van der Waals surface area contributed by atoms with Gasteiger partial charge in [0.15, 0.2) is 0 Å². The maximum absolute atomic E-state index is 14.2. The van der Waals surface area contributed by atoms with Crippen LogP contribution in [0.15, 0.2) is 18.2 Å². The van der Waals surface area contributed by atoms with Crippen LogP contribution in [0.5, 0.6) is 0 Å². The Bertz CT molecular complexity index is 744. The lowest BCUT2D eigenvalue weighted by Crippen LogP contribution is -2.42. The summed E-state index contributed by atoms with van der Waals surface area (Å²) in [5, 5.41) is 3.06. The zero-order valence-corrected chi connectivity index (χ0v) is 21.1. The summed E-state index contributed by atoms with van der Waals surface area (Å²) in [6.45, 7) is 4.86. The monoisotopic (exact) mass is 444 g/mol. The lowest BCUT2D eigenvalue weighted by molar-refractivity contribution is 0.263. The first kappa shape index (κ1) is 21.7. The van der Waals surface area contributed by atoms with Crippen LogP contribution in [0.2, 0.25) is 0 Å². The number of fused-ring (bicyclic) bond motifs is 2. The summed E-state index contributed by atoms with van der Waals surface area (Å²) in [7, 11) is -1.86. The molecule has 0 saturated heterocycles. The molecule has 0 aromatic heterocycles. The molecule has 3 aliphatic carbocycles. The van der Waals surface area contributed by atoms with E-state index in [9.17, 15) is 4.57 Å². The predicted molar refractivity (Wildman–Crippen MR) is 134 cm³/mol. The summed E-state index contributed by atoms with van der Waals surface area (Å²) in [6, 6.07) is 7.19. The molecule has 0 spiro atoms. The standard InChI is InChI=1S/C27H42OP2/c1-19-16-17-23-20(2)24-14-9-15-25(27(24)30(28)26(23)18-19)29(21-10-5-3-6-11-21)22-12-7-4-8-13-22/h9,14-15,19-23,26,30H,3-8,10-13,16-18H2,1-2H3/t19-,20?,23+,26-/m1/s1. The van der Waals surface area contributed by atoms with Crippen molar-refractivity contribution in [3.8, 4) is 0 Å². The molecule has 5 rings (SSSR count). The molecule has 3 saturated carbocycles. The summed E-state index contributed by atoms with van der Waals surface area (Å²) < 4.78 is 14.2. The Morgan fingerprint density at radius 3 is 2.10 bits per heavy atom. The third-order valence-electron chi connectivity index (χ3n) is 9.17. The van der Waals surface area contributed by atoms with Crippen LogP contribution in [0.1, 0.15) is 109 Å². The molecule has 1 aromatic rings. The molecule has 30 heavy (non-hydrogen) atoms. The highest BCUT2D eigenvalue weighted by atomic mass is 31.1. The fraction of sp³-hybridized carbons (Fsp3) is 0.778. The van der Waals surface area contributed by atoms with E-state index in [2.05, 4.69) is 32.0 Å². The van der Waals surface area contributed by atoms with Crippen molar-refractivity contribution in [1.29, 1.82) is 0 Å². The lowest BCUT2D eigenvalue weighted by atomic mass is 9.74. The molecule has 1 heterocycles. The predicted octanol–water partition coefficient (Wildman–Crippen LogP) is 7.57. The summed E-state index contributed by atoms with van der Waals surface area (Å²) in [6.07, 6.45) is 18.2. The average Bonchev–Trinajstić information content (AvgIpc) is 2.79. The molecule has 3 fully saturated rings. The van der Waals surface area contributed by atoms with Crippen molar-refractivity contribution < 1.29 is 4.57 Å². The van der Waals surface area contributed by atoms with Crippen molar-refractivity contribution in [3.05, 3.63) is 23.8 Å². The van der Waals surface area contributed by atoms with E-state index >= 15 is 0 Å². The summed E-state index contributed by atoms with van der Waals surface area (Å²) in [4.78, 5) is 0. The smallest absolute Gasteiger partial charge is 0.108 e. The number of benzene rings is 1. The minimum Gasteiger partial charge on any atom is -0.322 e. The van der Waals surface area contributed by atoms with Crippen molar-refractivity contribution in [2.75, 3.05) is 0 Å². The number of rotatable bonds is 3. The maximum atomic E-state index is 14.2. The van der Waals surface area contributed by atoms with Gasteiger partial charge in [0.05, 0.1) is 0 Å². The van der Waals surface area contributed by atoms with Gasteiger partial charge in [0.2, 0.25) is 0 Å². The van der Waals surface area contributed by atoms with Crippen molar-refractivity contribution in [2.24, 2.45) is 11.8 Å². The van der Waals surface area contributed by atoms with Gasteiger partial charge in [-0.1, -0.05) is 84.9 Å². The largest absolute Gasteiger partial charge is 0.322 e. The topological polar surface area (TPSA) is 17.1 Å². The van der Waals surface area contributed by atoms with E-state index in [1.54, 1.807) is 5.30 Å². The summed E-state index contributed by atoms with van der Waals surface area (Å²) in [5.41, 5.74) is 3.79. The molecule has 1 aromatic carbocycles. The minimum atomic E-state index is -1.70. The van der Waals surface area contributed by atoms with Gasteiger partial charge in [-0.2, -0.15) is 0 Å². The molecule has 0 N–H and O–H groups in total. The van der Waals surface area contributed by atoms with Crippen LogP contribution in [0.3, 0.4) is 0 Å². The second-order valence-electron chi connectivity index (χ2n) is 11.1. The lowest BCUT2D eigenvalue weighted by Gasteiger charge is -2.45. The van der Waals surface area contributed by atoms with Gasteiger partial charge in [0.1, 0.15) is 7.80 Å². The highest BCUT2D eigenvalue weighted by molar-refractivity contribution is 7.69. The molecule has 0 radical (unpaired) electrons. The van der Waals surface area contributed by atoms with Gasteiger partial charge >= 0.3 is 0 Å². The van der Waals surface area contributed by atoms with Crippen molar-refractivity contribution in [1.82, 2.24) is 0 Å². The average molecular weight is 445 g/mol. The van der Waals surface area contributed by atoms with E-state index in [1.807, 2.05) is 0 Å². The van der Waals surface area contributed by atoms with Crippen LogP contribution >= 0.6 is 15.7 Å². The van der Waals surface area contributed by atoms with Gasteiger partial charge in [-0.3, -0.25) is 0 Å². The molecular weight excluding hydrogens is 402 g/mol. The Kier molecular flexibility index (Phi) is 6.80. The summed E-state index contributed by atoms with van der Waals surface area (Å²) >= 11 is 0. The Hall–Kier alpha value is -0.120. The van der Waals surface area contributed by atoms with Crippen molar-refractivity contribution in [3.63, 3.8) is 0 Å². The van der Waals surface area contributed by atoms with Crippen molar-refractivity contribution in [2.45, 2.75) is 120 Å². The van der Waals surface area contributed by atoms with Crippen LogP contribution in [0.25, 0.3) is 0 Å². The number of hydrogen-bond acceptors (Lipinski definition) is 1. The van der Waals surface area contributed by atoms with Gasteiger partial charge in [0.25, 0.3) is 0 Å². The van der Waals surface area contributed by atoms with Gasteiger partial charge in [-0.25, -0.2) is 0 Å². The zero-order valence-electron chi connectivity index (χ0n) is 19.2. The van der Waals surface area contributed by atoms with Crippen LogP contribution in [0.4, 0.5) is 0 Å². The molecule has 5 atom stereocenters. The highest BCUT2D eigenvalue weighted by Gasteiger charge is 2.44. The summed E-state index contributed by atoms with van der Waals surface area (Å²) in [5.74, 6) is 2.04. The first-order chi connectivity index (χ1) is 14.6. The molecule has 1 aliphatic heterocycles. The Labute approximate surface area is 186 Å². The highest BCUT2D eigenvalue weighted by Crippen LogP contribution is 2.58. The molecule has 166 valence electrons. The van der Waals surface area contributed by atoms with E-state index in [0.29, 0.717) is 17.5 Å². The normalized spacial score (nSPS) is 35.8. The van der Waals surface area contributed by atoms with Gasteiger partial charge in [-0.15, -0.1) is 0 Å². The van der Waals surface area contributed by atoms with Gasteiger partial charge in [0, 0.05) is 11.0 Å². The fourth-order valence-corrected chi connectivity index (χ4v) is 14.9. The Balaban J connectivity index is 1.58. The SMILES string of the molecule is CC1c2cccc(P(C3CCCCC3)C3CCCCC3)c2[PH](=O)[C@@H]2C[C@H](C)CC[C@@H]12. The molecule has 0 bridgehead atoms. The van der Waals surface area contributed by atoms with Gasteiger partial charge in [-0.05, 0) is 78.5 Å². The Morgan fingerprint density at radius 1 is 0.833 bits per heavy atom. The second-order valence-corrected chi connectivity index (χ2v) is 15.8. The van der Waals surface area contributed by atoms with E-state index in [4.69, 9.17) is 0 Å². The van der Waals surface area contributed by atoms with E-state index in [0.717, 1.165) is 17.2 Å². The van der Waals surface area contributed by atoms with E-state index in [1.165, 1.54) is 94.3 Å². The molecule has 3 heteroatoms. The van der Waals surface area contributed by atoms with Gasteiger partial charge < -0.3 is 4.57 Å². The zero-order chi connectivity index (χ0) is 20.7. The Morgan fingerprint density at radius 2 is 1.47 bits per heavy atom. The van der Waals surface area contributed by atoms with Crippen LogP contribution in [0, 0.1) is 11.8 Å². The fourth-order valence-electron chi connectivity index (χ4n) is 7.55. The maximum Gasteiger partial charge on any atom is 0.108 e. The third-order valence-corrected chi connectivity index (χ3v) is 15.3. The number of hydrogen-bond donors (Lipinski definition) is 0. The molecular formula is C27H42OP2.